The number of unbranched alkanes of at least 4 members (excludes halogenated alkanes) is 3. The predicted molar refractivity (Wildman–Crippen MR) is 84.4 cm³/mol. The molecule has 0 aliphatic heterocycles. The van der Waals surface area contributed by atoms with Crippen molar-refractivity contribution in [2.75, 3.05) is 0 Å². The summed E-state index contributed by atoms with van der Waals surface area (Å²) in [6.45, 7) is 0. The second-order valence-electron chi connectivity index (χ2n) is 4.07. The molecule has 1 aromatic carbocycles. The lowest BCUT2D eigenvalue weighted by atomic mass is 10.1. The van der Waals surface area contributed by atoms with E-state index in [-0.39, 0.29) is 0 Å². The summed E-state index contributed by atoms with van der Waals surface area (Å²) >= 11 is 3.36. The second-order valence-corrected chi connectivity index (χ2v) is 4.99. The third-order valence-corrected chi connectivity index (χ3v) is 3.14. The molecule has 1 unspecified atom stereocenters. The summed E-state index contributed by atoms with van der Waals surface area (Å²) in [7, 11) is 0. The van der Waals surface area contributed by atoms with Gasteiger partial charge in [0.25, 0.3) is 0 Å². The fourth-order valence-electron chi connectivity index (χ4n) is 1.47. The lowest BCUT2D eigenvalue weighted by Gasteiger charge is -2.02. The van der Waals surface area contributed by atoms with Crippen LogP contribution in [-0.4, -0.2) is 11.2 Å². The van der Waals surface area contributed by atoms with Crippen LogP contribution >= 0.6 is 15.9 Å². The van der Waals surface area contributed by atoms with Gasteiger partial charge in [-0.3, -0.25) is 0 Å². The van der Waals surface area contributed by atoms with E-state index in [2.05, 4.69) is 33.7 Å². The first kappa shape index (κ1) is 15.6. The normalized spacial score (nSPS) is 12.2. The van der Waals surface area contributed by atoms with Crippen molar-refractivity contribution in [2.24, 2.45) is 0 Å². The molecule has 19 heavy (non-hydrogen) atoms. The second kappa shape index (κ2) is 9.45. The Kier molecular flexibility index (Phi) is 7.75. The Hall–Kier alpha value is -1.48. The maximum atomic E-state index is 9.86. The van der Waals surface area contributed by atoms with E-state index >= 15 is 0 Å². The molecule has 0 heterocycles. The van der Waals surface area contributed by atoms with E-state index in [4.69, 9.17) is 6.42 Å². The summed E-state index contributed by atoms with van der Waals surface area (Å²) in [6, 6.07) is 9.81. The average molecular weight is 317 g/mol. The van der Waals surface area contributed by atoms with Crippen LogP contribution in [-0.2, 0) is 0 Å². The van der Waals surface area contributed by atoms with Crippen LogP contribution in [0.4, 0.5) is 0 Å². The summed E-state index contributed by atoms with van der Waals surface area (Å²) < 4.78 is 0.676. The van der Waals surface area contributed by atoms with Gasteiger partial charge in [-0.05, 0) is 24.5 Å². The number of terminal acetylenes is 1. The predicted octanol–water partition coefficient (Wildman–Crippen LogP) is 3.98. The van der Waals surface area contributed by atoms with Gasteiger partial charge in [0, 0.05) is 17.3 Å². The van der Waals surface area contributed by atoms with E-state index in [1.165, 1.54) is 0 Å². The Balaban J connectivity index is 2.45. The SMILES string of the molecule is C#CCCCCC#CC(O)C(Br)=Cc1ccccc1. The van der Waals surface area contributed by atoms with Crippen LogP contribution < -0.4 is 0 Å². The van der Waals surface area contributed by atoms with Crippen LogP contribution in [0.15, 0.2) is 34.8 Å². The first-order valence-electron chi connectivity index (χ1n) is 6.26. The van der Waals surface area contributed by atoms with Crippen LogP contribution in [0.25, 0.3) is 6.08 Å². The van der Waals surface area contributed by atoms with E-state index in [0.29, 0.717) is 4.48 Å². The van der Waals surface area contributed by atoms with Gasteiger partial charge in [0.05, 0.1) is 0 Å². The minimum Gasteiger partial charge on any atom is -0.376 e. The quantitative estimate of drug-likeness (QED) is 0.643. The van der Waals surface area contributed by atoms with Gasteiger partial charge in [-0.2, -0.15) is 0 Å². The fraction of sp³-hybridized carbons (Fsp3) is 0.294. The molecule has 0 spiro atoms. The van der Waals surface area contributed by atoms with Crippen molar-refractivity contribution in [3.05, 3.63) is 40.4 Å². The molecule has 1 rings (SSSR count). The molecule has 0 fully saturated rings. The molecule has 0 saturated carbocycles. The highest BCUT2D eigenvalue weighted by atomic mass is 79.9. The minimum absolute atomic E-state index is 0.676. The zero-order valence-electron chi connectivity index (χ0n) is 10.8. The molecular formula is C17H17BrO. The lowest BCUT2D eigenvalue weighted by Crippen LogP contribution is -2.01. The smallest absolute Gasteiger partial charge is 0.146 e. The zero-order valence-corrected chi connectivity index (χ0v) is 12.4. The highest BCUT2D eigenvalue weighted by Crippen LogP contribution is 2.15. The Morgan fingerprint density at radius 2 is 1.95 bits per heavy atom. The number of halogens is 1. The highest BCUT2D eigenvalue weighted by Gasteiger charge is 2.03. The standard InChI is InChI=1S/C17H17BrO/c1-2-3-4-5-6-10-13-17(19)16(18)14-15-11-8-7-9-12-15/h1,7-9,11-12,14,17,19H,3-6H2. The molecule has 1 atom stereocenters. The third kappa shape index (κ3) is 6.87. The van der Waals surface area contributed by atoms with Crippen molar-refractivity contribution in [3.8, 4) is 24.2 Å². The van der Waals surface area contributed by atoms with Crippen LogP contribution in [0.2, 0.25) is 0 Å². The first-order chi connectivity index (χ1) is 9.24. The summed E-state index contributed by atoms with van der Waals surface area (Å²) in [5.74, 6) is 8.39. The first-order valence-corrected chi connectivity index (χ1v) is 7.05. The molecule has 98 valence electrons. The van der Waals surface area contributed by atoms with Crippen LogP contribution in [0.3, 0.4) is 0 Å². The number of rotatable bonds is 5. The number of hydrogen-bond acceptors (Lipinski definition) is 1. The van der Waals surface area contributed by atoms with Crippen LogP contribution in [0.5, 0.6) is 0 Å². The number of benzene rings is 1. The van der Waals surface area contributed by atoms with Crippen LogP contribution in [0, 0.1) is 24.2 Å². The minimum atomic E-state index is -0.771. The van der Waals surface area contributed by atoms with Gasteiger partial charge >= 0.3 is 0 Å². The summed E-state index contributed by atoms with van der Waals surface area (Å²) in [5, 5.41) is 9.86. The largest absolute Gasteiger partial charge is 0.376 e. The molecule has 0 saturated heterocycles. The van der Waals surface area contributed by atoms with E-state index in [1.54, 1.807) is 0 Å². The van der Waals surface area contributed by atoms with E-state index in [0.717, 1.165) is 31.2 Å². The molecule has 1 N–H and O–H groups in total. The lowest BCUT2D eigenvalue weighted by molar-refractivity contribution is 0.278. The van der Waals surface area contributed by atoms with E-state index < -0.39 is 6.10 Å². The molecule has 0 amide bonds. The van der Waals surface area contributed by atoms with Gasteiger partial charge in [-0.15, -0.1) is 18.3 Å². The Morgan fingerprint density at radius 1 is 1.26 bits per heavy atom. The maximum Gasteiger partial charge on any atom is 0.146 e. The van der Waals surface area contributed by atoms with Crippen molar-refractivity contribution in [1.82, 2.24) is 0 Å². The summed E-state index contributed by atoms with van der Waals surface area (Å²) in [5.41, 5.74) is 1.03. The van der Waals surface area contributed by atoms with E-state index in [1.807, 2.05) is 36.4 Å². The summed E-state index contributed by atoms with van der Waals surface area (Å²) in [4.78, 5) is 0. The van der Waals surface area contributed by atoms with Crippen molar-refractivity contribution >= 4 is 22.0 Å². The molecule has 0 aromatic heterocycles. The Morgan fingerprint density at radius 3 is 2.63 bits per heavy atom. The highest BCUT2D eigenvalue weighted by molar-refractivity contribution is 9.11. The molecule has 0 aliphatic carbocycles. The fourth-order valence-corrected chi connectivity index (χ4v) is 1.84. The summed E-state index contributed by atoms with van der Waals surface area (Å²) in [6.07, 6.45) is 9.79. The zero-order chi connectivity index (χ0) is 13.9. The van der Waals surface area contributed by atoms with Gasteiger partial charge in [0.1, 0.15) is 6.10 Å². The molecule has 1 nitrogen and oxygen atoms in total. The topological polar surface area (TPSA) is 20.2 Å². The van der Waals surface area contributed by atoms with Gasteiger partial charge in [0.2, 0.25) is 0 Å². The van der Waals surface area contributed by atoms with Crippen LogP contribution in [0.1, 0.15) is 31.2 Å². The average Bonchev–Trinajstić information content (AvgIpc) is 2.43. The molecule has 0 radical (unpaired) electrons. The monoisotopic (exact) mass is 316 g/mol. The number of aliphatic hydroxyl groups is 1. The molecule has 0 aliphatic rings. The van der Waals surface area contributed by atoms with E-state index in [9.17, 15) is 5.11 Å². The Bertz CT molecular complexity index is 500. The molecule has 1 aromatic rings. The third-order valence-electron chi connectivity index (χ3n) is 2.48. The van der Waals surface area contributed by atoms with Gasteiger partial charge in [-0.25, -0.2) is 0 Å². The van der Waals surface area contributed by atoms with Crippen molar-refractivity contribution in [3.63, 3.8) is 0 Å². The van der Waals surface area contributed by atoms with Gasteiger partial charge in [-0.1, -0.05) is 52.2 Å². The molecular weight excluding hydrogens is 300 g/mol. The number of hydrogen-bond donors (Lipinski definition) is 1. The molecule has 2 heteroatoms. The van der Waals surface area contributed by atoms with Crippen molar-refractivity contribution in [1.29, 1.82) is 0 Å². The van der Waals surface area contributed by atoms with Crippen molar-refractivity contribution in [2.45, 2.75) is 31.8 Å². The van der Waals surface area contributed by atoms with Gasteiger partial charge in [0.15, 0.2) is 0 Å². The molecule has 0 bridgehead atoms. The Labute approximate surface area is 123 Å². The number of aliphatic hydroxyl groups excluding tert-OH is 1. The maximum absolute atomic E-state index is 9.86. The van der Waals surface area contributed by atoms with Gasteiger partial charge < -0.3 is 5.11 Å². The van der Waals surface area contributed by atoms with Crippen molar-refractivity contribution < 1.29 is 5.11 Å².